The van der Waals surface area contributed by atoms with Crippen LogP contribution in [0, 0.1) is 12.3 Å². The third kappa shape index (κ3) is 3.65. The summed E-state index contributed by atoms with van der Waals surface area (Å²) in [5.41, 5.74) is 2.19. The van der Waals surface area contributed by atoms with E-state index in [9.17, 15) is 8.42 Å². The normalized spacial score (nSPS) is 11.1. The predicted molar refractivity (Wildman–Crippen MR) is 85.7 cm³/mol. The molecular weight excluding hydrogens is 282 g/mol. The van der Waals surface area contributed by atoms with E-state index in [1.807, 2.05) is 12.1 Å². The van der Waals surface area contributed by atoms with Crippen LogP contribution < -0.4 is 4.72 Å². The van der Waals surface area contributed by atoms with E-state index in [0.717, 1.165) is 5.56 Å². The second-order valence-electron chi connectivity index (χ2n) is 5.05. The molecule has 0 radical (unpaired) electrons. The first-order valence-electron chi connectivity index (χ1n) is 6.62. The van der Waals surface area contributed by atoms with Crippen LogP contribution in [-0.4, -0.2) is 8.42 Å². The van der Waals surface area contributed by atoms with Crippen molar-refractivity contribution in [1.82, 2.24) is 0 Å². The third-order valence-corrected chi connectivity index (χ3v) is 4.54. The second kappa shape index (κ2) is 6.02. The number of rotatable bonds is 4. The standard InChI is InChI=1S/C17H17NO2S/c1-4-14-6-5-7-16(12-14)18-21(19,20)17-10-8-15(9-11-17)13(2)3/h1,5-13,18H,2-3H3. The Labute approximate surface area is 126 Å². The molecular formula is C17H17NO2S. The van der Waals surface area contributed by atoms with Gasteiger partial charge in [-0.05, 0) is 41.8 Å². The second-order valence-corrected chi connectivity index (χ2v) is 6.74. The Kier molecular flexibility index (Phi) is 4.35. The van der Waals surface area contributed by atoms with Crippen molar-refractivity contribution in [3.05, 3.63) is 59.7 Å². The molecule has 108 valence electrons. The highest BCUT2D eigenvalue weighted by Gasteiger charge is 2.14. The van der Waals surface area contributed by atoms with Gasteiger partial charge in [-0.1, -0.05) is 38.0 Å². The van der Waals surface area contributed by atoms with Crippen molar-refractivity contribution in [3.63, 3.8) is 0 Å². The van der Waals surface area contributed by atoms with Crippen molar-refractivity contribution in [2.75, 3.05) is 4.72 Å². The molecule has 21 heavy (non-hydrogen) atoms. The Balaban J connectivity index is 2.27. The lowest BCUT2D eigenvalue weighted by Crippen LogP contribution is -2.13. The summed E-state index contributed by atoms with van der Waals surface area (Å²) < 4.78 is 27.2. The van der Waals surface area contributed by atoms with Gasteiger partial charge in [0.25, 0.3) is 10.0 Å². The van der Waals surface area contributed by atoms with Gasteiger partial charge in [-0.3, -0.25) is 4.72 Å². The summed E-state index contributed by atoms with van der Waals surface area (Å²) >= 11 is 0. The Bertz CT molecular complexity index is 769. The molecule has 0 aliphatic rings. The monoisotopic (exact) mass is 299 g/mol. The summed E-state index contributed by atoms with van der Waals surface area (Å²) in [6.07, 6.45) is 5.31. The smallest absolute Gasteiger partial charge is 0.261 e. The number of terminal acetylenes is 1. The number of nitrogens with one attached hydrogen (secondary N) is 1. The van der Waals surface area contributed by atoms with E-state index in [4.69, 9.17) is 6.42 Å². The van der Waals surface area contributed by atoms with Crippen molar-refractivity contribution in [1.29, 1.82) is 0 Å². The Hall–Kier alpha value is -2.25. The molecule has 0 unspecified atom stereocenters. The average molecular weight is 299 g/mol. The maximum Gasteiger partial charge on any atom is 0.261 e. The SMILES string of the molecule is C#Cc1cccc(NS(=O)(=O)c2ccc(C(C)C)cc2)c1. The van der Waals surface area contributed by atoms with E-state index in [1.165, 1.54) is 0 Å². The molecule has 0 saturated heterocycles. The summed E-state index contributed by atoms with van der Waals surface area (Å²) in [5.74, 6) is 2.84. The van der Waals surface area contributed by atoms with Gasteiger partial charge in [-0.15, -0.1) is 6.42 Å². The van der Waals surface area contributed by atoms with Gasteiger partial charge < -0.3 is 0 Å². The molecule has 0 fully saturated rings. The molecule has 2 rings (SSSR count). The maximum atomic E-state index is 12.3. The van der Waals surface area contributed by atoms with Crippen LogP contribution in [0.15, 0.2) is 53.4 Å². The lowest BCUT2D eigenvalue weighted by Gasteiger charge is -2.10. The minimum Gasteiger partial charge on any atom is -0.280 e. The van der Waals surface area contributed by atoms with Gasteiger partial charge in [-0.2, -0.15) is 0 Å². The molecule has 0 spiro atoms. The number of sulfonamides is 1. The minimum atomic E-state index is -3.60. The van der Waals surface area contributed by atoms with Gasteiger partial charge in [0.05, 0.1) is 10.6 Å². The van der Waals surface area contributed by atoms with Crippen molar-refractivity contribution in [2.24, 2.45) is 0 Å². The molecule has 0 aromatic heterocycles. The van der Waals surface area contributed by atoms with Crippen molar-refractivity contribution in [2.45, 2.75) is 24.7 Å². The lowest BCUT2D eigenvalue weighted by molar-refractivity contribution is 0.601. The topological polar surface area (TPSA) is 46.2 Å². The van der Waals surface area contributed by atoms with Crippen molar-refractivity contribution in [3.8, 4) is 12.3 Å². The largest absolute Gasteiger partial charge is 0.280 e. The van der Waals surface area contributed by atoms with E-state index in [-0.39, 0.29) is 4.90 Å². The average Bonchev–Trinajstić information content (AvgIpc) is 2.47. The van der Waals surface area contributed by atoms with Gasteiger partial charge in [0.1, 0.15) is 0 Å². The highest BCUT2D eigenvalue weighted by molar-refractivity contribution is 7.92. The van der Waals surface area contributed by atoms with Gasteiger partial charge in [0.15, 0.2) is 0 Å². The molecule has 4 heteroatoms. The molecule has 0 aliphatic carbocycles. The van der Waals surface area contributed by atoms with Crippen LogP contribution in [0.2, 0.25) is 0 Å². The summed E-state index contributed by atoms with van der Waals surface area (Å²) in [6.45, 7) is 4.13. The minimum absolute atomic E-state index is 0.234. The first-order valence-corrected chi connectivity index (χ1v) is 8.10. The first kappa shape index (κ1) is 15.1. The van der Waals surface area contributed by atoms with E-state index >= 15 is 0 Å². The van der Waals surface area contributed by atoms with Crippen molar-refractivity contribution < 1.29 is 8.42 Å². The zero-order chi connectivity index (χ0) is 15.5. The van der Waals surface area contributed by atoms with Gasteiger partial charge in [0.2, 0.25) is 0 Å². The van der Waals surface area contributed by atoms with Crippen LogP contribution in [-0.2, 0) is 10.0 Å². The van der Waals surface area contributed by atoms with Crippen LogP contribution in [0.3, 0.4) is 0 Å². The molecule has 2 aromatic rings. The number of hydrogen-bond acceptors (Lipinski definition) is 2. The molecule has 0 bridgehead atoms. The third-order valence-electron chi connectivity index (χ3n) is 3.14. The van der Waals surface area contributed by atoms with E-state index in [1.54, 1.807) is 36.4 Å². The fraction of sp³-hybridized carbons (Fsp3) is 0.176. The van der Waals surface area contributed by atoms with Crippen LogP contribution in [0.4, 0.5) is 5.69 Å². The van der Waals surface area contributed by atoms with Crippen LogP contribution in [0.25, 0.3) is 0 Å². The Morgan fingerprint density at radius 3 is 2.33 bits per heavy atom. The molecule has 2 aromatic carbocycles. The predicted octanol–water partition coefficient (Wildman–Crippen LogP) is 3.59. The Morgan fingerprint density at radius 1 is 1.10 bits per heavy atom. The van der Waals surface area contributed by atoms with Gasteiger partial charge in [0, 0.05) is 5.56 Å². The zero-order valence-corrected chi connectivity index (χ0v) is 12.8. The zero-order valence-electron chi connectivity index (χ0n) is 12.0. The van der Waals surface area contributed by atoms with Gasteiger partial charge >= 0.3 is 0 Å². The fourth-order valence-electron chi connectivity index (χ4n) is 1.92. The molecule has 3 nitrogen and oxygen atoms in total. The van der Waals surface area contributed by atoms with E-state index in [0.29, 0.717) is 17.2 Å². The summed E-state index contributed by atoms with van der Waals surface area (Å²) in [5, 5.41) is 0. The highest BCUT2D eigenvalue weighted by Crippen LogP contribution is 2.20. The quantitative estimate of drug-likeness (QED) is 0.877. The molecule has 0 heterocycles. The van der Waals surface area contributed by atoms with E-state index in [2.05, 4.69) is 24.5 Å². The maximum absolute atomic E-state index is 12.3. The fourth-order valence-corrected chi connectivity index (χ4v) is 2.97. The lowest BCUT2D eigenvalue weighted by atomic mass is 10.0. The summed E-state index contributed by atoms with van der Waals surface area (Å²) in [7, 11) is -3.60. The first-order chi connectivity index (χ1) is 9.92. The number of benzene rings is 2. The summed E-state index contributed by atoms with van der Waals surface area (Å²) in [4.78, 5) is 0.234. The summed E-state index contributed by atoms with van der Waals surface area (Å²) in [6, 6.07) is 13.6. The molecule has 1 N–H and O–H groups in total. The number of anilines is 1. The van der Waals surface area contributed by atoms with Gasteiger partial charge in [-0.25, -0.2) is 8.42 Å². The van der Waals surface area contributed by atoms with E-state index < -0.39 is 10.0 Å². The molecule has 0 atom stereocenters. The van der Waals surface area contributed by atoms with Crippen LogP contribution in [0.1, 0.15) is 30.9 Å². The molecule has 0 amide bonds. The van der Waals surface area contributed by atoms with Crippen LogP contribution >= 0.6 is 0 Å². The Morgan fingerprint density at radius 2 is 1.76 bits per heavy atom. The van der Waals surface area contributed by atoms with Crippen LogP contribution in [0.5, 0.6) is 0 Å². The molecule has 0 saturated carbocycles. The number of hydrogen-bond donors (Lipinski definition) is 1. The highest BCUT2D eigenvalue weighted by atomic mass is 32.2. The molecule has 0 aliphatic heterocycles. The van der Waals surface area contributed by atoms with Crippen molar-refractivity contribution >= 4 is 15.7 Å².